The van der Waals surface area contributed by atoms with E-state index in [-0.39, 0.29) is 29.8 Å². The third kappa shape index (κ3) is 4.87. The SMILES string of the molecule is CC[C@H](C)[C@H]1COC(=O)N1C1CCN(C(=O)CSc2nccc(-c3ccco3)n2)CC1. The van der Waals surface area contributed by atoms with Crippen molar-refractivity contribution in [2.45, 2.75) is 50.4 Å². The standard InChI is InChI=1S/C22H28N4O4S/c1-3-15(2)18-13-30-22(28)26(18)16-7-10-25(11-8-16)20(27)14-31-21-23-9-6-17(24-21)19-5-4-12-29-19/h4-6,9,12,15-16,18H,3,7-8,10-11,13-14H2,1-2H3/t15-,18+/m0/s1. The molecule has 0 N–H and O–H groups in total. The molecular formula is C22H28N4O4S. The Bertz CT molecular complexity index is 899. The molecule has 2 aliphatic heterocycles. The van der Waals surface area contributed by atoms with Gasteiger partial charge in [0.05, 0.1) is 18.1 Å². The highest BCUT2D eigenvalue weighted by Gasteiger charge is 2.41. The van der Waals surface area contributed by atoms with Crippen LogP contribution in [-0.4, -0.2) is 69.3 Å². The molecule has 9 heteroatoms. The van der Waals surface area contributed by atoms with E-state index in [1.54, 1.807) is 18.5 Å². The first-order valence-electron chi connectivity index (χ1n) is 10.8. The molecule has 31 heavy (non-hydrogen) atoms. The number of ether oxygens (including phenoxy) is 1. The number of amides is 2. The number of cyclic esters (lactones) is 1. The minimum atomic E-state index is -0.209. The van der Waals surface area contributed by atoms with Crippen LogP contribution in [0.4, 0.5) is 4.79 Å². The second-order valence-corrected chi connectivity index (χ2v) is 8.98. The second-order valence-electron chi connectivity index (χ2n) is 8.04. The molecule has 2 atom stereocenters. The van der Waals surface area contributed by atoms with Crippen LogP contribution in [0.1, 0.15) is 33.1 Å². The maximum Gasteiger partial charge on any atom is 0.410 e. The Morgan fingerprint density at radius 2 is 2.13 bits per heavy atom. The lowest BCUT2D eigenvalue weighted by atomic mass is 9.95. The van der Waals surface area contributed by atoms with Gasteiger partial charge in [0.1, 0.15) is 12.3 Å². The predicted molar refractivity (Wildman–Crippen MR) is 116 cm³/mol. The lowest BCUT2D eigenvalue weighted by Gasteiger charge is -2.39. The number of piperidine rings is 1. The first kappa shape index (κ1) is 21.7. The molecule has 0 unspecified atom stereocenters. The van der Waals surface area contributed by atoms with E-state index in [0.29, 0.717) is 42.2 Å². The lowest BCUT2D eigenvalue weighted by molar-refractivity contribution is -0.129. The van der Waals surface area contributed by atoms with E-state index in [9.17, 15) is 9.59 Å². The zero-order valence-electron chi connectivity index (χ0n) is 17.9. The van der Waals surface area contributed by atoms with Crippen LogP contribution < -0.4 is 0 Å². The van der Waals surface area contributed by atoms with Crippen molar-refractivity contribution in [2.75, 3.05) is 25.4 Å². The Morgan fingerprint density at radius 1 is 1.32 bits per heavy atom. The van der Waals surface area contributed by atoms with Crippen molar-refractivity contribution >= 4 is 23.8 Å². The molecule has 0 bridgehead atoms. The molecule has 2 fully saturated rings. The van der Waals surface area contributed by atoms with Crippen molar-refractivity contribution in [3.63, 3.8) is 0 Å². The van der Waals surface area contributed by atoms with Gasteiger partial charge in [0, 0.05) is 25.3 Å². The molecule has 2 aliphatic rings. The van der Waals surface area contributed by atoms with E-state index in [0.717, 1.165) is 19.3 Å². The van der Waals surface area contributed by atoms with Gasteiger partial charge in [-0.3, -0.25) is 9.69 Å². The van der Waals surface area contributed by atoms with Crippen molar-refractivity contribution in [1.82, 2.24) is 19.8 Å². The van der Waals surface area contributed by atoms with E-state index in [1.165, 1.54) is 11.8 Å². The van der Waals surface area contributed by atoms with Crippen LogP contribution in [0.3, 0.4) is 0 Å². The van der Waals surface area contributed by atoms with Crippen molar-refractivity contribution in [1.29, 1.82) is 0 Å². The lowest BCUT2D eigenvalue weighted by Crippen LogP contribution is -2.51. The number of hydrogen-bond donors (Lipinski definition) is 0. The van der Waals surface area contributed by atoms with Crippen LogP contribution in [0.2, 0.25) is 0 Å². The number of rotatable bonds is 7. The summed E-state index contributed by atoms with van der Waals surface area (Å²) in [6.45, 7) is 6.07. The summed E-state index contributed by atoms with van der Waals surface area (Å²) in [6.07, 6.45) is 5.64. The molecule has 0 saturated carbocycles. The van der Waals surface area contributed by atoms with Gasteiger partial charge >= 0.3 is 6.09 Å². The third-order valence-corrected chi connectivity index (χ3v) is 7.04. The molecule has 2 saturated heterocycles. The largest absolute Gasteiger partial charge is 0.463 e. The summed E-state index contributed by atoms with van der Waals surface area (Å²) in [7, 11) is 0. The molecule has 0 aromatic carbocycles. The van der Waals surface area contributed by atoms with Gasteiger partial charge in [0.25, 0.3) is 0 Å². The summed E-state index contributed by atoms with van der Waals surface area (Å²) in [5, 5.41) is 0.549. The van der Waals surface area contributed by atoms with E-state index in [1.807, 2.05) is 21.9 Å². The summed E-state index contributed by atoms with van der Waals surface area (Å²) in [4.78, 5) is 37.5. The van der Waals surface area contributed by atoms with Crippen LogP contribution in [0.25, 0.3) is 11.5 Å². The Labute approximate surface area is 186 Å². The Hall–Kier alpha value is -2.55. The topological polar surface area (TPSA) is 88.8 Å². The zero-order valence-corrected chi connectivity index (χ0v) is 18.7. The first-order chi connectivity index (χ1) is 15.1. The molecule has 2 aromatic heterocycles. The summed E-state index contributed by atoms with van der Waals surface area (Å²) in [5.74, 6) is 1.43. The van der Waals surface area contributed by atoms with Crippen LogP contribution in [0.5, 0.6) is 0 Å². The maximum atomic E-state index is 12.7. The van der Waals surface area contributed by atoms with Crippen molar-refractivity contribution in [3.8, 4) is 11.5 Å². The van der Waals surface area contributed by atoms with Gasteiger partial charge < -0.3 is 14.1 Å². The molecule has 4 rings (SSSR count). The molecular weight excluding hydrogens is 416 g/mol. The number of thioether (sulfide) groups is 1. The van der Waals surface area contributed by atoms with Gasteiger partial charge in [-0.2, -0.15) is 0 Å². The number of furan rings is 1. The van der Waals surface area contributed by atoms with E-state index >= 15 is 0 Å². The third-order valence-electron chi connectivity index (χ3n) is 6.19. The molecule has 2 amide bonds. The maximum absolute atomic E-state index is 12.7. The highest BCUT2D eigenvalue weighted by atomic mass is 32.2. The number of carbonyl (C=O) groups excluding carboxylic acids is 2. The molecule has 0 radical (unpaired) electrons. The van der Waals surface area contributed by atoms with Crippen LogP contribution in [0, 0.1) is 5.92 Å². The number of likely N-dealkylation sites (tertiary alicyclic amines) is 1. The zero-order chi connectivity index (χ0) is 21.8. The first-order valence-corrected chi connectivity index (χ1v) is 11.8. The Morgan fingerprint density at radius 3 is 2.84 bits per heavy atom. The van der Waals surface area contributed by atoms with Crippen LogP contribution in [0.15, 0.2) is 40.2 Å². The fourth-order valence-corrected chi connectivity index (χ4v) is 4.89. The van der Waals surface area contributed by atoms with Gasteiger partial charge in [-0.15, -0.1) is 0 Å². The van der Waals surface area contributed by atoms with Gasteiger partial charge in [0.15, 0.2) is 10.9 Å². The number of nitrogens with zero attached hydrogens (tertiary/aromatic N) is 4. The number of hydrogen-bond acceptors (Lipinski definition) is 7. The van der Waals surface area contributed by atoms with Crippen molar-refractivity contribution < 1.29 is 18.7 Å². The van der Waals surface area contributed by atoms with E-state index < -0.39 is 0 Å². The quantitative estimate of drug-likeness (QED) is 0.475. The van der Waals surface area contributed by atoms with E-state index in [4.69, 9.17) is 9.15 Å². The Balaban J connectivity index is 1.29. The summed E-state index contributed by atoms with van der Waals surface area (Å²) in [6, 6.07) is 5.71. The number of carbonyl (C=O) groups is 2. The Kier molecular flexibility index (Phi) is 6.80. The highest BCUT2D eigenvalue weighted by molar-refractivity contribution is 7.99. The fourth-order valence-electron chi connectivity index (χ4n) is 4.16. The molecule has 166 valence electrons. The highest BCUT2D eigenvalue weighted by Crippen LogP contribution is 2.29. The summed E-state index contributed by atoms with van der Waals surface area (Å²) in [5.41, 5.74) is 0.698. The van der Waals surface area contributed by atoms with Gasteiger partial charge in [-0.25, -0.2) is 14.8 Å². The minimum absolute atomic E-state index is 0.0675. The van der Waals surface area contributed by atoms with Crippen molar-refractivity contribution in [2.24, 2.45) is 5.92 Å². The van der Waals surface area contributed by atoms with Gasteiger partial charge in [0.2, 0.25) is 5.91 Å². The van der Waals surface area contributed by atoms with Crippen LogP contribution in [-0.2, 0) is 9.53 Å². The smallest absolute Gasteiger partial charge is 0.410 e. The summed E-state index contributed by atoms with van der Waals surface area (Å²) >= 11 is 1.33. The monoisotopic (exact) mass is 444 g/mol. The molecule has 4 heterocycles. The van der Waals surface area contributed by atoms with Crippen LogP contribution >= 0.6 is 11.8 Å². The number of aromatic nitrogens is 2. The molecule has 8 nitrogen and oxygen atoms in total. The van der Waals surface area contributed by atoms with Crippen molar-refractivity contribution in [3.05, 3.63) is 30.7 Å². The molecule has 2 aromatic rings. The average Bonchev–Trinajstić information content (AvgIpc) is 3.47. The normalized spacial score (nSPS) is 20.7. The second kappa shape index (κ2) is 9.72. The van der Waals surface area contributed by atoms with Gasteiger partial charge in [-0.1, -0.05) is 32.0 Å². The molecule has 0 aliphatic carbocycles. The fraction of sp³-hybridized carbons (Fsp3) is 0.545. The predicted octanol–water partition coefficient (Wildman–Crippen LogP) is 3.69. The minimum Gasteiger partial charge on any atom is -0.463 e. The van der Waals surface area contributed by atoms with Gasteiger partial charge in [-0.05, 0) is 37.0 Å². The average molecular weight is 445 g/mol. The van der Waals surface area contributed by atoms with E-state index in [2.05, 4.69) is 23.8 Å². The summed E-state index contributed by atoms with van der Waals surface area (Å²) < 4.78 is 10.7. The molecule has 0 spiro atoms.